The molecule has 0 radical (unpaired) electrons. The third-order valence-electron chi connectivity index (χ3n) is 3.03. The third kappa shape index (κ3) is 3.78. The molecule has 112 valence electrons. The molecule has 2 N–H and O–H groups in total. The van der Waals surface area contributed by atoms with Gasteiger partial charge >= 0.3 is 0 Å². The molecule has 0 aliphatic rings. The lowest BCUT2D eigenvalue weighted by Crippen LogP contribution is -2.28. The molecule has 0 bridgehead atoms. The highest BCUT2D eigenvalue weighted by Crippen LogP contribution is 2.20. The molecule has 6 nitrogen and oxygen atoms in total. The van der Waals surface area contributed by atoms with E-state index in [1.54, 1.807) is 27.0 Å². The van der Waals surface area contributed by atoms with Gasteiger partial charge in [0.1, 0.15) is 0 Å². The predicted octanol–water partition coefficient (Wildman–Crippen LogP) is 0.588. The number of rotatable bonds is 6. The van der Waals surface area contributed by atoms with Gasteiger partial charge in [0.15, 0.2) is 0 Å². The summed E-state index contributed by atoms with van der Waals surface area (Å²) in [4.78, 5) is 12.1. The number of nitrogens with one attached hydrogen (secondary N) is 2. The quantitative estimate of drug-likeness (QED) is 0.753. The molecule has 20 heavy (non-hydrogen) atoms. The van der Waals surface area contributed by atoms with Crippen LogP contribution in [0.5, 0.6) is 0 Å². The minimum absolute atomic E-state index is 0.122. The molecule has 0 aliphatic heterocycles. The Morgan fingerprint density at radius 1 is 1.30 bits per heavy atom. The van der Waals surface area contributed by atoms with Gasteiger partial charge in [0.2, 0.25) is 10.0 Å². The molecule has 0 spiro atoms. The Hall–Kier alpha value is -1.44. The lowest BCUT2D eigenvalue weighted by atomic mass is 10.1. The van der Waals surface area contributed by atoms with Crippen LogP contribution in [0.25, 0.3) is 0 Å². The van der Waals surface area contributed by atoms with Gasteiger partial charge in [-0.15, -0.1) is 0 Å². The van der Waals surface area contributed by atoms with E-state index < -0.39 is 10.0 Å². The zero-order valence-electron chi connectivity index (χ0n) is 12.1. The van der Waals surface area contributed by atoms with Crippen LogP contribution < -0.4 is 10.0 Å². The van der Waals surface area contributed by atoms with Crippen molar-refractivity contribution < 1.29 is 17.9 Å². The highest BCUT2D eigenvalue weighted by Gasteiger charge is 2.19. The van der Waals surface area contributed by atoms with Gasteiger partial charge in [0, 0.05) is 19.2 Å². The maximum Gasteiger partial charge on any atom is 0.251 e. The molecule has 1 amide bonds. The minimum atomic E-state index is -3.59. The Balaban J connectivity index is 3.15. The summed E-state index contributed by atoms with van der Waals surface area (Å²) in [5.41, 5.74) is 1.70. The number of sulfonamides is 1. The van der Waals surface area contributed by atoms with Gasteiger partial charge in [-0.05, 0) is 44.2 Å². The fraction of sp³-hybridized carbons (Fsp3) is 0.462. The van der Waals surface area contributed by atoms with E-state index in [0.717, 1.165) is 5.56 Å². The Labute approximate surface area is 119 Å². The van der Waals surface area contributed by atoms with Gasteiger partial charge in [0.25, 0.3) is 5.91 Å². The van der Waals surface area contributed by atoms with Crippen molar-refractivity contribution in [2.24, 2.45) is 0 Å². The zero-order chi connectivity index (χ0) is 15.3. The summed E-state index contributed by atoms with van der Waals surface area (Å²) in [5.74, 6) is -0.322. The molecule has 0 aliphatic carbocycles. The number of amides is 1. The van der Waals surface area contributed by atoms with E-state index in [9.17, 15) is 13.2 Å². The summed E-state index contributed by atoms with van der Waals surface area (Å²) in [6, 6.07) is 3.06. The molecular formula is C13H20N2O4S. The van der Waals surface area contributed by atoms with Crippen molar-refractivity contribution in [2.45, 2.75) is 18.7 Å². The first-order valence-corrected chi connectivity index (χ1v) is 7.63. The molecule has 0 aromatic heterocycles. The SMILES string of the molecule is CNS(=O)(=O)c1cc(C(=O)NCCOC)cc(C)c1C. The van der Waals surface area contributed by atoms with Crippen molar-refractivity contribution in [3.8, 4) is 0 Å². The van der Waals surface area contributed by atoms with E-state index in [4.69, 9.17) is 4.74 Å². The molecule has 0 atom stereocenters. The summed E-state index contributed by atoms with van der Waals surface area (Å²) >= 11 is 0. The van der Waals surface area contributed by atoms with E-state index >= 15 is 0 Å². The minimum Gasteiger partial charge on any atom is -0.383 e. The van der Waals surface area contributed by atoms with Crippen LogP contribution in [0.3, 0.4) is 0 Å². The van der Waals surface area contributed by atoms with Crippen LogP contribution in [-0.2, 0) is 14.8 Å². The summed E-state index contributed by atoms with van der Waals surface area (Å²) < 4.78 is 31.0. The topological polar surface area (TPSA) is 84.5 Å². The average molecular weight is 300 g/mol. The number of hydrogen-bond donors (Lipinski definition) is 2. The van der Waals surface area contributed by atoms with Crippen LogP contribution in [0.2, 0.25) is 0 Å². The second-order valence-electron chi connectivity index (χ2n) is 4.37. The second kappa shape index (κ2) is 6.83. The van der Waals surface area contributed by atoms with Crippen LogP contribution in [0.4, 0.5) is 0 Å². The molecule has 0 unspecified atom stereocenters. The summed E-state index contributed by atoms with van der Waals surface area (Å²) in [7, 11) is -0.703. The summed E-state index contributed by atoms with van der Waals surface area (Å²) in [5, 5.41) is 2.66. The lowest BCUT2D eigenvalue weighted by Gasteiger charge is -2.12. The Bertz CT molecular complexity index is 597. The van der Waals surface area contributed by atoms with Gasteiger partial charge < -0.3 is 10.1 Å². The number of methoxy groups -OCH3 is 1. The van der Waals surface area contributed by atoms with Crippen molar-refractivity contribution >= 4 is 15.9 Å². The van der Waals surface area contributed by atoms with Gasteiger partial charge in [-0.25, -0.2) is 13.1 Å². The van der Waals surface area contributed by atoms with Crippen molar-refractivity contribution in [1.82, 2.24) is 10.0 Å². The number of benzene rings is 1. The number of carbonyl (C=O) groups excluding carboxylic acids is 1. The van der Waals surface area contributed by atoms with Crippen molar-refractivity contribution in [1.29, 1.82) is 0 Å². The smallest absolute Gasteiger partial charge is 0.251 e. The first kappa shape index (κ1) is 16.6. The predicted molar refractivity (Wildman–Crippen MR) is 76.4 cm³/mol. The molecule has 0 saturated heterocycles. The number of hydrogen-bond acceptors (Lipinski definition) is 4. The molecule has 1 aromatic carbocycles. The van der Waals surface area contributed by atoms with E-state index in [1.807, 2.05) is 0 Å². The second-order valence-corrected chi connectivity index (χ2v) is 6.23. The number of carbonyl (C=O) groups is 1. The van der Waals surface area contributed by atoms with Crippen LogP contribution >= 0.6 is 0 Å². The Kier molecular flexibility index (Phi) is 5.67. The highest BCUT2D eigenvalue weighted by atomic mass is 32.2. The number of ether oxygens (including phenoxy) is 1. The van der Waals surface area contributed by atoms with Gasteiger partial charge in [-0.2, -0.15) is 0 Å². The molecule has 7 heteroatoms. The molecule has 0 fully saturated rings. The molecule has 0 saturated carbocycles. The van der Waals surface area contributed by atoms with Gasteiger partial charge in [-0.3, -0.25) is 4.79 Å². The Morgan fingerprint density at radius 3 is 2.50 bits per heavy atom. The summed E-state index contributed by atoms with van der Waals surface area (Å²) in [6.07, 6.45) is 0. The van der Waals surface area contributed by atoms with E-state index in [1.165, 1.54) is 13.1 Å². The van der Waals surface area contributed by atoms with Crippen molar-refractivity contribution in [3.63, 3.8) is 0 Å². The molecule has 1 rings (SSSR count). The molecule has 0 heterocycles. The maximum atomic E-state index is 12.0. The van der Waals surface area contributed by atoms with Crippen LogP contribution in [0.15, 0.2) is 17.0 Å². The van der Waals surface area contributed by atoms with E-state index in [2.05, 4.69) is 10.0 Å². The normalized spacial score (nSPS) is 11.4. The molecule has 1 aromatic rings. The van der Waals surface area contributed by atoms with Crippen LogP contribution in [0, 0.1) is 13.8 Å². The Morgan fingerprint density at radius 2 is 1.95 bits per heavy atom. The monoisotopic (exact) mass is 300 g/mol. The van der Waals surface area contributed by atoms with E-state index in [0.29, 0.717) is 24.3 Å². The summed E-state index contributed by atoms with van der Waals surface area (Å²) in [6.45, 7) is 4.26. The average Bonchev–Trinajstić information content (AvgIpc) is 2.41. The van der Waals surface area contributed by atoms with Crippen LogP contribution in [0.1, 0.15) is 21.5 Å². The first-order valence-electron chi connectivity index (χ1n) is 6.15. The van der Waals surface area contributed by atoms with Gasteiger partial charge in [-0.1, -0.05) is 0 Å². The standard InChI is InChI=1S/C13H20N2O4S/c1-9-7-11(13(16)15-5-6-19-4)8-12(10(9)2)20(17,18)14-3/h7-8,14H,5-6H2,1-4H3,(H,15,16). The van der Waals surface area contributed by atoms with Crippen molar-refractivity contribution in [2.75, 3.05) is 27.3 Å². The highest BCUT2D eigenvalue weighted by molar-refractivity contribution is 7.89. The zero-order valence-corrected chi connectivity index (χ0v) is 12.9. The third-order valence-corrected chi connectivity index (χ3v) is 4.57. The first-order chi connectivity index (χ1) is 9.33. The fourth-order valence-electron chi connectivity index (χ4n) is 1.72. The maximum absolute atomic E-state index is 12.0. The molecular weight excluding hydrogens is 280 g/mol. The van der Waals surface area contributed by atoms with E-state index in [-0.39, 0.29) is 10.8 Å². The van der Waals surface area contributed by atoms with Crippen LogP contribution in [-0.4, -0.2) is 41.6 Å². The number of aryl methyl sites for hydroxylation is 1. The van der Waals surface area contributed by atoms with Crippen molar-refractivity contribution in [3.05, 3.63) is 28.8 Å². The lowest BCUT2D eigenvalue weighted by molar-refractivity contribution is 0.0937. The fourth-order valence-corrected chi connectivity index (χ4v) is 2.78. The van der Waals surface area contributed by atoms with Gasteiger partial charge in [0.05, 0.1) is 11.5 Å². The largest absolute Gasteiger partial charge is 0.383 e.